The number of rotatable bonds is 5. The first kappa shape index (κ1) is 20.9. The first-order valence-electron chi connectivity index (χ1n) is 6.11. The maximum Gasteiger partial charge on any atom is 1.00 e. The van der Waals surface area contributed by atoms with E-state index in [-0.39, 0.29) is 35.1 Å². The van der Waals surface area contributed by atoms with Gasteiger partial charge in [-0.25, -0.2) is 8.42 Å². The molecule has 0 aliphatic heterocycles. The first-order chi connectivity index (χ1) is 10.3. The molecule has 0 bridgehead atoms. The van der Waals surface area contributed by atoms with Gasteiger partial charge in [0.15, 0.2) is 5.44 Å². The Balaban J connectivity index is 0.00000264. The molecule has 0 amide bonds. The van der Waals surface area contributed by atoms with Gasteiger partial charge in [-0.2, -0.15) is 0 Å². The summed E-state index contributed by atoms with van der Waals surface area (Å²) in [6.07, 6.45) is 1.60. The molecule has 2 unspecified atom stereocenters. The van der Waals surface area contributed by atoms with Gasteiger partial charge in [0.05, 0.1) is 0 Å². The van der Waals surface area contributed by atoms with E-state index in [1.54, 1.807) is 30.5 Å². The van der Waals surface area contributed by atoms with E-state index >= 15 is 0 Å². The summed E-state index contributed by atoms with van der Waals surface area (Å²) < 4.78 is 43.8. The van der Waals surface area contributed by atoms with Gasteiger partial charge in [0, 0.05) is 31.7 Å². The summed E-state index contributed by atoms with van der Waals surface area (Å²) in [4.78, 5) is 2.41. The second kappa shape index (κ2) is 8.77. The van der Waals surface area contributed by atoms with E-state index in [2.05, 4.69) is 0 Å². The van der Waals surface area contributed by atoms with Crippen molar-refractivity contribution < 1.29 is 51.8 Å². The molecule has 0 aliphatic carbocycles. The maximum absolute atomic E-state index is 11.5. The van der Waals surface area contributed by atoms with Crippen molar-refractivity contribution in [2.45, 2.75) is 20.1 Å². The largest absolute Gasteiger partial charge is 1.00 e. The van der Waals surface area contributed by atoms with Crippen LogP contribution in [0.5, 0.6) is 0 Å². The van der Waals surface area contributed by atoms with Gasteiger partial charge in [-0.15, -0.1) is 0 Å². The van der Waals surface area contributed by atoms with Crippen LogP contribution in [0.1, 0.15) is 11.0 Å². The summed E-state index contributed by atoms with van der Waals surface area (Å²) in [6.45, 7) is 0. The fourth-order valence-electron chi connectivity index (χ4n) is 1.72. The molecule has 0 spiro atoms. The van der Waals surface area contributed by atoms with Crippen molar-refractivity contribution in [3.05, 3.63) is 54.1 Å². The maximum atomic E-state index is 11.5. The van der Waals surface area contributed by atoms with Crippen LogP contribution in [0.15, 0.2) is 63.2 Å². The fraction of sp³-hybridized carbons (Fsp3) is 0.143. The molecule has 0 radical (unpaired) electrons. The Morgan fingerprint density at radius 2 is 1.74 bits per heavy atom. The normalized spacial score (nSPS) is 13.9. The molecule has 2 aromatic rings. The summed E-state index contributed by atoms with van der Waals surface area (Å²) in [5.74, 6) is 0. The minimum Gasteiger partial charge on any atom is -0.746 e. The van der Waals surface area contributed by atoms with Gasteiger partial charge in [0.2, 0.25) is 0 Å². The Morgan fingerprint density at radius 3 is 2.26 bits per heavy atom. The summed E-state index contributed by atoms with van der Waals surface area (Å²) in [7, 11) is -5.84. The summed E-state index contributed by atoms with van der Waals surface area (Å²) in [6, 6.07) is 13.3. The van der Waals surface area contributed by atoms with Crippen LogP contribution in [0.25, 0.3) is 0 Å². The average molecular weight is 380 g/mol. The number of aliphatic hydroxyl groups is 1. The second-order valence-electron chi connectivity index (χ2n) is 4.45. The molecule has 0 aliphatic rings. The van der Waals surface area contributed by atoms with Gasteiger partial charge in [-0.05, 0) is 35.9 Å². The Kier molecular flexibility index (Phi) is 7.96. The fourth-order valence-corrected chi connectivity index (χ4v) is 3.72. The summed E-state index contributed by atoms with van der Waals surface area (Å²) in [5, 5.41) is 9.39. The molecule has 0 fully saturated rings. The van der Waals surface area contributed by atoms with Crippen LogP contribution >= 0.6 is 11.8 Å². The van der Waals surface area contributed by atoms with Gasteiger partial charge < -0.3 is 9.66 Å². The van der Waals surface area contributed by atoms with Crippen LogP contribution in [-0.2, 0) is 20.9 Å². The molecular formula is C14H13NaO5S3. The number of benzene rings is 2. The number of hydrogen-bond acceptors (Lipinski definition) is 6. The van der Waals surface area contributed by atoms with Crippen LogP contribution in [0.2, 0.25) is 0 Å². The molecule has 1 N–H and O–H groups in total. The predicted molar refractivity (Wildman–Crippen MR) is 84.0 cm³/mol. The summed E-state index contributed by atoms with van der Waals surface area (Å²) in [5.41, 5.74) is -2.03. The van der Waals surface area contributed by atoms with Crippen molar-refractivity contribution in [1.82, 2.24) is 0 Å². The van der Waals surface area contributed by atoms with Crippen LogP contribution in [0.4, 0.5) is 0 Å². The summed E-state index contributed by atoms with van der Waals surface area (Å²) >= 11 is 1.40. The second-order valence-corrected chi connectivity index (χ2v) is 8.40. The molecule has 2 rings (SSSR count). The molecule has 5 nitrogen and oxygen atoms in total. The average Bonchev–Trinajstić information content (AvgIpc) is 2.46. The zero-order valence-corrected chi connectivity index (χ0v) is 17.0. The van der Waals surface area contributed by atoms with E-state index < -0.39 is 26.4 Å². The van der Waals surface area contributed by atoms with Crippen molar-refractivity contribution in [3.63, 3.8) is 0 Å². The van der Waals surface area contributed by atoms with Crippen LogP contribution < -0.4 is 29.6 Å². The Bertz CT molecular complexity index is 790. The van der Waals surface area contributed by atoms with Gasteiger partial charge in [-0.3, -0.25) is 4.21 Å². The predicted octanol–water partition coefficient (Wildman–Crippen LogP) is -0.885. The molecule has 0 saturated carbocycles. The van der Waals surface area contributed by atoms with E-state index in [1.165, 1.54) is 23.9 Å². The van der Waals surface area contributed by atoms with Crippen LogP contribution in [0, 0.1) is 0 Å². The van der Waals surface area contributed by atoms with Gasteiger partial charge in [-0.1, -0.05) is 30.0 Å². The third-order valence-corrected chi connectivity index (χ3v) is 5.55. The first-order valence-corrected chi connectivity index (χ1v) is 9.96. The Hall–Kier alpha value is -0.190. The van der Waals surface area contributed by atoms with E-state index in [1.807, 2.05) is 12.1 Å². The quantitative estimate of drug-likeness (QED) is 0.535. The van der Waals surface area contributed by atoms with Crippen molar-refractivity contribution in [1.29, 1.82) is 0 Å². The molecule has 9 heteroatoms. The molecule has 2 aromatic carbocycles. The van der Waals surface area contributed by atoms with E-state index in [0.29, 0.717) is 0 Å². The van der Waals surface area contributed by atoms with Gasteiger partial charge in [0.1, 0.15) is 10.1 Å². The van der Waals surface area contributed by atoms with Crippen molar-refractivity contribution in [2.75, 3.05) is 6.26 Å². The third-order valence-electron chi connectivity index (χ3n) is 2.81. The Morgan fingerprint density at radius 1 is 1.13 bits per heavy atom. The van der Waals surface area contributed by atoms with Crippen LogP contribution in [-0.4, -0.2) is 28.5 Å². The number of hydrogen-bond donors (Lipinski definition) is 1. The van der Waals surface area contributed by atoms with Crippen molar-refractivity contribution >= 4 is 32.7 Å². The van der Waals surface area contributed by atoms with E-state index in [9.17, 15) is 22.3 Å². The van der Waals surface area contributed by atoms with Crippen LogP contribution in [0.3, 0.4) is 0 Å². The minimum atomic E-state index is -4.78. The van der Waals surface area contributed by atoms with E-state index in [0.717, 1.165) is 14.7 Å². The molecule has 0 heterocycles. The Labute approximate surface area is 164 Å². The molecule has 0 aromatic heterocycles. The van der Waals surface area contributed by atoms with Gasteiger partial charge in [0.25, 0.3) is 0 Å². The SMILES string of the molecule is CS(=O)c1cccc(Sc2ccc(C(O)S(=O)(=O)[O-])cc2)c1.[Na+]. The molecule has 0 saturated heterocycles. The molecule has 23 heavy (non-hydrogen) atoms. The standard InChI is InChI=1S/C14H14O5S3.Na/c1-21(16)13-4-2-3-12(9-13)20-11-7-5-10(6-8-11)14(15)22(17,18)19;/h2-9,14-15H,1H3,(H,17,18,19);/q;+1/p-1. The topological polar surface area (TPSA) is 94.5 Å². The third kappa shape index (κ3) is 5.99. The van der Waals surface area contributed by atoms with Gasteiger partial charge >= 0.3 is 29.6 Å². The number of aliphatic hydroxyl groups excluding tert-OH is 1. The van der Waals surface area contributed by atoms with Crippen molar-refractivity contribution in [3.8, 4) is 0 Å². The molecular weight excluding hydrogens is 367 g/mol. The van der Waals surface area contributed by atoms with E-state index in [4.69, 9.17) is 0 Å². The zero-order valence-electron chi connectivity index (χ0n) is 12.5. The smallest absolute Gasteiger partial charge is 0.746 e. The zero-order chi connectivity index (χ0) is 16.3. The molecule has 2 atom stereocenters. The minimum absolute atomic E-state index is 0. The monoisotopic (exact) mass is 380 g/mol. The van der Waals surface area contributed by atoms with Crippen molar-refractivity contribution in [2.24, 2.45) is 0 Å². The molecule has 118 valence electrons.